The number of hydrogen-bond acceptors (Lipinski definition) is 6. The summed E-state index contributed by atoms with van der Waals surface area (Å²) in [4.78, 5) is 12.5. The van der Waals surface area contributed by atoms with Gasteiger partial charge < -0.3 is 9.26 Å². The normalized spacial score (nSPS) is 17.0. The van der Waals surface area contributed by atoms with Crippen molar-refractivity contribution in [3.05, 3.63) is 58.9 Å². The van der Waals surface area contributed by atoms with Gasteiger partial charge >= 0.3 is 0 Å². The fourth-order valence-electron chi connectivity index (χ4n) is 4.06. The zero-order valence-corrected chi connectivity index (χ0v) is 17.0. The molecule has 0 N–H and O–H groups in total. The third kappa shape index (κ3) is 3.90. The van der Waals surface area contributed by atoms with Crippen LogP contribution in [-0.4, -0.2) is 40.2 Å². The van der Waals surface area contributed by atoms with Crippen molar-refractivity contribution in [2.75, 3.05) is 20.2 Å². The molecule has 6 heteroatoms. The lowest BCUT2D eigenvalue weighted by atomic mass is 10.0. The van der Waals surface area contributed by atoms with Gasteiger partial charge in [-0.1, -0.05) is 5.16 Å². The summed E-state index contributed by atoms with van der Waals surface area (Å²) in [6, 6.07) is 10.3. The number of nitrogens with zero attached hydrogens (tertiary/aromatic N) is 4. The van der Waals surface area contributed by atoms with Gasteiger partial charge in [0.25, 0.3) is 0 Å². The fraction of sp³-hybridized carbons (Fsp3) is 0.435. The van der Waals surface area contributed by atoms with Gasteiger partial charge in [0.2, 0.25) is 0 Å². The van der Waals surface area contributed by atoms with E-state index >= 15 is 0 Å². The molecule has 1 saturated carbocycles. The molecule has 0 spiro atoms. The summed E-state index contributed by atoms with van der Waals surface area (Å²) in [7, 11) is 1.70. The molecule has 150 valence electrons. The summed E-state index contributed by atoms with van der Waals surface area (Å²) in [5.74, 6) is 3.29. The minimum absolute atomic E-state index is 0.537. The van der Waals surface area contributed by atoms with Crippen LogP contribution in [0.2, 0.25) is 0 Å². The summed E-state index contributed by atoms with van der Waals surface area (Å²) >= 11 is 0. The summed E-state index contributed by atoms with van der Waals surface area (Å²) in [5, 5.41) is 4.16. The summed E-state index contributed by atoms with van der Waals surface area (Å²) in [5.41, 5.74) is 5.74. The number of hydrogen-bond donors (Lipinski definition) is 0. The lowest BCUT2D eigenvalue weighted by Gasteiger charge is -2.17. The summed E-state index contributed by atoms with van der Waals surface area (Å²) < 4.78 is 10.6. The van der Waals surface area contributed by atoms with Gasteiger partial charge in [-0.3, -0.25) is 4.90 Å². The number of fused-ring (bicyclic) bond motifs is 1. The average Bonchev–Trinajstić information content (AvgIpc) is 3.54. The molecule has 6 nitrogen and oxygen atoms in total. The lowest BCUT2D eigenvalue weighted by Crippen LogP contribution is -2.26. The molecule has 0 amide bonds. The number of aromatic nitrogens is 3. The van der Waals surface area contributed by atoms with E-state index in [1.807, 2.05) is 25.1 Å². The second-order valence-electron chi connectivity index (χ2n) is 8.06. The SMILES string of the molecule is COc1ccc(-c2nc(C3CC3)nc3c2CCN(Cc2cc(C)on2)CC3)cc1. The van der Waals surface area contributed by atoms with E-state index in [4.69, 9.17) is 19.2 Å². The van der Waals surface area contributed by atoms with Crippen molar-refractivity contribution >= 4 is 0 Å². The molecule has 0 atom stereocenters. The maximum absolute atomic E-state index is 5.33. The van der Waals surface area contributed by atoms with Gasteiger partial charge in [0.15, 0.2) is 0 Å². The predicted octanol–water partition coefficient (Wildman–Crippen LogP) is 3.93. The molecule has 29 heavy (non-hydrogen) atoms. The van der Waals surface area contributed by atoms with E-state index in [9.17, 15) is 0 Å². The Bertz CT molecular complexity index is 1010. The highest BCUT2D eigenvalue weighted by Gasteiger charge is 2.30. The van der Waals surface area contributed by atoms with E-state index in [0.29, 0.717) is 5.92 Å². The third-order valence-electron chi connectivity index (χ3n) is 5.82. The fourth-order valence-corrected chi connectivity index (χ4v) is 4.06. The quantitative estimate of drug-likeness (QED) is 0.658. The van der Waals surface area contributed by atoms with Crippen LogP contribution < -0.4 is 4.74 Å². The second-order valence-corrected chi connectivity index (χ2v) is 8.06. The first-order valence-electron chi connectivity index (χ1n) is 10.4. The first kappa shape index (κ1) is 18.3. The smallest absolute Gasteiger partial charge is 0.133 e. The van der Waals surface area contributed by atoms with E-state index in [1.165, 1.54) is 24.1 Å². The molecular formula is C23H26N4O2. The van der Waals surface area contributed by atoms with Crippen molar-refractivity contribution in [1.29, 1.82) is 0 Å². The molecule has 2 aromatic heterocycles. The second kappa shape index (κ2) is 7.59. The lowest BCUT2D eigenvalue weighted by molar-refractivity contribution is 0.268. The maximum atomic E-state index is 5.33. The molecule has 1 fully saturated rings. The van der Waals surface area contributed by atoms with Gasteiger partial charge in [-0.25, -0.2) is 9.97 Å². The average molecular weight is 390 g/mol. The van der Waals surface area contributed by atoms with Crippen molar-refractivity contribution in [1.82, 2.24) is 20.0 Å². The van der Waals surface area contributed by atoms with Gasteiger partial charge in [-0.2, -0.15) is 0 Å². The molecule has 3 aromatic rings. The molecule has 0 saturated heterocycles. The Balaban J connectivity index is 1.45. The number of ether oxygens (including phenoxy) is 1. The highest BCUT2D eigenvalue weighted by Crippen LogP contribution is 2.40. The minimum atomic E-state index is 0.537. The van der Waals surface area contributed by atoms with Crippen molar-refractivity contribution in [3.63, 3.8) is 0 Å². The number of methoxy groups -OCH3 is 1. The largest absolute Gasteiger partial charge is 0.497 e. The Morgan fingerprint density at radius 3 is 2.59 bits per heavy atom. The monoisotopic (exact) mass is 390 g/mol. The highest BCUT2D eigenvalue weighted by atomic mass is 16.5. The molecule has 0 unspecified atom stereocenters. The number of benzene rings is 1. The minimum Gasteiger partial charge on any atom is -0.497 e. The van der Waals surface area contributed by atoms with Gasteiger partial charge in [-0.05, 0) is 50.5 Å². The van der Waals surface area contributed by atoms with Crippen molar-refractivity contribution in [2.24, 2.45) is 0 Å². The molecular weight excluding hydrogens is 364 g/mol. The van der Waals surface area contributed by atoms with E-state index in [1.54, 1.807) is 7.11 Å². The van der Waals surface area contributed by atoms with Gasteiger partial charge in [0.05, 0.1) is 18.5 Å². The molecule has 2 aliphatic rings. The van der Waals surface area contributed by atoms with Crippen LogP contribution in [0.3, 0.4) is 0 Å². The Kier molecular flexibility index (Phi) is 4.79. The summed E-state index contributed by atoms with van der Waals surface area (Å²) in [6.07, 6.45) is 4.30. The molecule has 1 aliphatic heterocycles. The molecule has 3 heterocycles. The van der Waals surface area contributed by atoms with Crippen LogP contribution in [-0.2, 0) is 19.4 Å². The zero-order valence-electron chi connectivity index (χ0n) is 17.0. The van der Waals surface area contributed by atoms with Crippen molar-refractivity contribution in [2.45, 2.75) is 45.1 Å². The van der Waals surface area contributed by atoms with Crippen LogP contribution in [0.1, 0.15) is 47.3 Å². The Labute approximate surface area is 170 Å². The molecule has 1 aliphatic carbocycles. The molecule has 0 bridgehead atoms. The van der Waals surface area contributed by atoms with Crippen LogP contribution in [0.15, 0.2) is 34.9 Å². The van der Waals surface area contributed by atoms with Crippen molar-refractivity contribution in [3.8, 4) is 17.0 Å². The van der Waals surface area contributed by atoms with Crippen LogP contribution >= 0.6 is 0 Å². The van der Waals surface area contributed by atoms with E-state index in [2.05, 4.69) is 22.2 Å². The first-order valence-corrected chi connectivity index (χ1v) is 10.4. The molecule has 1 aromatic carbocycles. The zero-order chi connectivity index (χ0) is 19.8. The topological polar surface area (TPSA) is 64.3 Å². The summed E-state index contributed by atoms with van der Waals surface area (Å²) in [6.45, 7) is 4.69. The Morgan fingerprint density at radius 2 is 1.90 bits per heavy atom. The number of rotatable bonds is 5. The van der Waals surface area contributed by atoms with E-state index in [-0.39, 0.29) is 0 Å². The third-order valence-corrected chi connectivity index (χ3v) is 5.82. The Hall–Kier alpha value is -2.73. The van der Waals surface area contributed by atoms with E-state index < -0.39 is 0 Å². The van der Waals surface area contributed by atoms with Crippen LogP contribution in [0.4, 0.5) is 0 Å². The van der Waals surface area contributed by atoms with Gasteiger partial charge in [-0.15, -0.1) is 0 Å². The Morgan fingerprint density at radius 1 is 1.10 bits per heavy atom. The van der Waals surface area contributed by atoms with Crippen LogP contribution in [0, 0.1) is 6.92 Å². The van der Waals surface area contributed by atoms with E-state index in [0.717, 1.165) is 66.8 Å². The van der Waals surface area contributed by atoms with Gasteiger partial charge in [0.1, 0.15) is 17.3 Å². The molecule has 5 rings (SSSR count). The number of aryl methyl sites for hydroxylation is 1. The first-order chi connectivity index (χ1) is 14.2. The van der Waals surface area contributed by atoms with Crippen LogP contribution in [0.5, 0.6) is 5.75 Å². The van der Waals surface area contributed by atoms with Gasteiger partial charge in [0, 0.05) is 54.9 Å². The standard InChI is InChI=1S/C23H26N4O2/c1-15-13-18(26-29-15)14-27-11-9-20-21(10-12-27)24-23(17-3-4-17)25-22(20)16-5-7-19(28-2)8-6-16/h5-8,13,17H,3-4,9-12,14H2,1-2H3. The predicted molar refractivity (Wildman–Crippen MR) is 110 cm³/mol. The highest BCUT2D eigenvalue weighted by molar-refractivity contribution is 5.65. The molecule has 0 radical (unpaired) electrons. The van der Waals surface area contributed by atoms with Crippen molar-refractivity contribution < 1.29 is 9.26 Å². The maximum Gasteiger partial charge on any atom is 0.133 e. The van der Waals surface area contributed by atoms with Crippen LogP contribution in [0.25, 0.3) is 11.3 Å².